The highest BCUT2D eigenvalue weighted by Gasteiger charge is 2.46. The van der Waals surface area contributed by atoms with Gasteiger partial charge in [0.15, 0.2) is 17.7 Å². The number of fused-ring (bicyclic) bond motifs is 1. The van der Waals surface area contributed by atoms with Crippen molar-refractivity contribution in [1.82, 2.24) is 19.5 Å². The third-order valence-electron chi connectivity index (χ3n) is 3.97. The molecule has 2 aromatic rings. The third-order valence-corrected chi connectivity index (χ3v) is 5.12. The molecule has 0 spiro atoms. The van der Waals surface area contributed by atoms with Gasteiger partial charge in [0.1, 0.15) is 23.8 Å². The number of halogens is 1. The average Bonchev–Trinajstić information content (AvgIpc) is 3.09. The van der Waals surface area contributed by atoms with E-state index in [2.05, 4.69) is 15.0 Å². The second-order valence-electron chi connectivity index (χ2n) is 5.86. The molecule has 0 aliphatic carbocycles. The fourth-order valence-electron chi connectivity index (χ4n) is 2.69. The summed E-state index contributed by atoms with van der Waals surface area (Å²) in [5.74, 6) is -4.35. The number of aliphatic hydroxyl groups is 2. The molecule has 5 atom stereocenters. The van der Waals surface area contributed by atoms with E-state index < -0.39 is 50.6 Å². The van der Waals surface area contributed by atoms with Crippen LogP contribution in [-0.2, 0) is 18.8 Å². The minimum absolute atomic E-state index is 0.0207. The molecule has 3 heterocycles. The molecule has 0 amide bonds. The van der Waals surface area contributed by atoms with Crippen LogP contribution in [0.25, 0.3) is 11.2 Å². The topological polar surface area (TPSA) is 223 Å². The summed E-state index contributed by atoms with van der Waals surface area (Å²) in [6.45, 7) is -0.721. The number of hydrogen-bond acceptors (Lipinski definition) is 10. The van der Waals surface area contributed by atoms with Gasteiger partial charge in [0.25, 0.3) is 5.85 Å². The van der Waals surface area contributed by atoms with Gasteiger partial charge in [-0.05, 0) is 11.6 Å². The summed E-state index contributed by atoms with van der Waals surface area (Å²) in [6.07, 6.45) is -4.42. The summed E-state index contributed by atoms with van der Waals surface area (Å²) in [7, 11) is -5.11. The van der Waals surface area contributed by atoms with E-state index in [9.17, 15) is 19.6 Å². The lowest BCUT2D eigenvalue weighted by atomic mass is 10.1. The summed E-state index contributed by atoms with van der Waals surface area (Å²) < 4.78 is 22.6. The first kappa shape index (κ1) is 20.8. The van der Waals surface area contributed by atoms with E-state index in [1.807, 2.05) is 0 Å². The lowest BCUT2D eigenvalue weighted by molar-refractivity contribution is -0.149. The molecule has 0 unspecified atom stereocenters. The second kappa shape index (κ2) is 7.50. The third kappa shape index (κ3) is 3.81. The van der Waals surface area contributed by atoms with Crippen molar-refractivity contribution in [2.24, 2.45) is 0 Å². The molecule has 0 saturated carbocycles. The van der Waals surface area contributed by atoms with Gasteiger partial charge in [-0.25, -0.2) is 9.78 Å². The van der Waals surface area contributed by atoms with Gasteiger partial charge in [-0.15, -0.1) is 0 Å². The van der Waals surface area contributed by atoms with Crippen LogP contribution in [-0.4, -0.2) is 81.4 Å². The van der Waals surface area contributed by atoms with Gasteiger partial charge in [-0.2, -0.15) is 9.97 Å². The molecule has 1 aliphatic rings. The summed E-state index contributed by atoms with van der Waals surface area (Å²) in [5.41, 5.74) is 5.97. The number of nitrogen functional groups attached to an aromatic ring is 1. The first-order valence-electron chi connectivity index (χ1n) is 7.57. The number of carboxylic acid groups (broad SMARTS) is 1. The first-order chi connectivity index (χ1) is 13.0. The SMILES string of the molecule is Nc1nc(Cl)nc2c1ncn2[C@@H]1O[C@H](CO[C@@H](C(=O)O)P(=O)(O)O)[C@H](O)[C@H]1O. The molecule has 0 bridgehead atoms. The molecule has 14 nitrogen and oxygen atoms in total. The Bertz CT molecular complexity index is 951. The number of aliphatic hydroxyl groups excluding tert-OH is 2. The van der Waals surface area contributed by atoms with Crippen LogP contribution in [0.4, 0.5) is 5.82 Å². The molecule has 1 fully saturated rings. The zero-order valence-electron chi connectivity index (χ0n) is 13.7. The Morgan fingerprint density at radius 1 is 1.39 bits per heavy atom. The quantitative estimate of drug-likeness (QED) is 0.218. The van der Waals surface area contributed by atoms with E-state index in [1.54, 1.807) is 0 Å². The van der Waals surface area contributed by atoms with E-state index in [1.165, 1.54) is 10.9 Å². The lowest BCUT2D eigenvalue weighted by Crippen LogP contribution is -2.36. The van der Waals surface area contributed by atoms with Crippen LogP contribution in [0, 0.1) is 0 Å². The van der Waals surface area contributed by atoms with Crippen LogP contribution in [0.5, 0.6) is 0 Å². The molecule has 28 heavy (non-hydrogen) atoms. The Balaban J connectivity index is 1.81. The highest BCUT2D eigenvalue weighted by molar-refractivity contribution is 7.53. The predicted octanol–water partition coefficient (Wildman–Crippen LogP) is -1.71. The van der Waals surface area contributed by atoms with E-state index in [-0.39, 0.29) is 22.3 Å². The number of aliphatic carboxylic acids is 1. The Morgan fingerprint density at radius 3 is 2.68 bits per heavy atom. The molecular weight excluding hydrogens is 425 g/mol. The second-order valence-corrected chi connectivity index (χ2v) is 7.85. The van der Waals surface area contributed by atoms with Gasteiger partial charge >= 0.3 is 13.6 Å². The average molecular weight is 440 g/mol. The van der Waals surface area contributed by atoms with Crippen LogP contribution in [0.1, 0.15) is 6.23 Å². The maximum Gasteiger partial charge on any atom is 0.365 e. The number of rotatable bonds is 6. The summed E-state index contributed by atoms with van der Waals surface area (Å²) in [4.78, 5) is 40.6. The van der Waals surface area contributed by atoms with Crippen LogP contribution >= 0.6 is 19.2 Å². The number of ether oxygens (including phenoxy) is 2. The number of nitrogens with zero attached hydrogens (tertiary/aromatic N) is 4. The molecule has 154 valence electrons. The smallest absolute Gasteiger partial charge is 0.365 e. The van der Waals surface area contributed by atoms with E-state index in [0.717, 1.165) is 0 Å². The Hall–Kier alpha value is -1.90. The number of nitrogens with two attached hydrogens (primary N) is 1. The van der Waals surface area contributed by atoms with Crippen LogP contribution in [0.2, 0.25) is 5.28 Å². The molecule has 7 N–H and O–H groups in total. The number of carboxylic acids is 1. The Morgan fingerprint density at radius 2 is 2.07 bits per heavy atom. The number of aromatic nitrogens is 4. The summed E-state index contributed by atoms with van der Waals surface area (Å²) in [5, 5.41) is 29.1. The Kier molecular flexibility index (Phi) is 5.58. The minimum Gasteiger partial charge on any atom is -0.479 e. The maximum atomic E-state index is 11.2. The fourth-order valence-corrected chi connectivity index (χ4v) is 3.43. The molecule has 16 heteroatoms. The van der Waals surface area contributed by atoms with E-state index >= 15 is 0 Å². The van der Waals surface area contributed by atoms with Gasteiger partial charge < -0.3 is 40.3 Å². The molecular formula is C12H15ClN5O9P. The zero-order chi connectivity index (χ0) is 20.8. The van der Waals surface area contributed by atoms with Crippen molar-refractivity contribution < 1.29 is 43.9 Å². The highest BCUT2D eigenvalue weighted by atomic mass is 35.5. The van der Waals surface area contributed by atoms with Crippen molar-refractivity contribution in [3.63, 3.8) is 0 Å². The molecule has 0 radical (unpaired) electrons. The van der Waals surface area contributed by atoms with Crippen molar-refractivity contribution in [1.29, 1.82) is 0 Å². The predicted molar refractivity (Wildman–Crippen MR) is 90.1 cm³/mol. The molecule has 2 aromatic heterocycles. The molecule has 3 rings (SSSR count). The van der Waals surface area contributed by atoms with E-state index in [4.69, 9.17) is 41.7 Å². The van der Waals surface area contributed by atoms with Crippen molar-refractivity contribution in [2.45, 2.75) is 30.4 Å². The maximum absolute atomic E-state index is 11.2. The fraction of sp³-hybridized carbons (Fsp3) is 0.500. The van der Waals surface area contributed by atoms with Crippen molar-refractivity contribution in [2.75, 3.05) is 12.3 Å². The monoisotopic (exact) mass is 439 g/mol. The lowest BCUT2D eigenvalue weighted by Gasteiger charge is -2.19. The number of imidazole rings is 1. The number of carbonyl (C=O) groups is 1. The van der Waals surface area contributed by atoms with Crippen LogP contribution < -0.4 is 5.73 Å². The minimum atomic E-state index is -5.11. The van der Waals surface area contributed by atoms with Crippen molar-refractivity contribution in [3.05, 3.63) is 11.6 Å². The number of hydrogen-bond donors (Lipinski definition) is 6. The largest absolute Gasteiger partial charge is 0.479 e. The van der Waals surface area contributed by atoms with Gasteiger partial charge in [0, 0.05) is 0 Å². The summed E-state index contributed by atoms with van der Waals surface area (Å²) in [6, 6.07) is 0. The molecule has 1 aliphatic heterocycles. The van der Waals surface area contributed by atoms with Crippen molar-refractivity contribution >= 4 is 42.1 Å². The van der Waals surface area contributed by atoms with Crippen LogP contribution in [0.3, 0.4) is 0 Å². The normalized spacial score (nSPS) is 26.6. The van der Waals surface area contributed by atoms with Crippen molar-refractivity contribution in [3.8, 4) is 0 Å². The summed E-state index contributed by atoms with van der Waals surface area (Å²) >= 11 is 5.76. The standard InChI is InChI=1S/C12H15ClN5O9P/c13-12-16-7(14)4-8(17-12)18(2-15-4)9-6(20)5(19)3(27-9)1-26-11(10(21)22)28(23,24)25/h2-3,5-6,9,11,19-20H,1H2,(H,21,22)(H2,14,16,17)(H2,23,24,25)/t3-,5+,6-,9-,11-/m1/s1. The van der Waals surface area contributed by atoms with Gasteiger partial charge in [-0.3, -0.25) is 9.13 Å². The molecule has 1 saturated heterocycles. The van der Waals surface area contributed by atoms with Gasteiger partial charge in [0.2, 0.25) is 5.28 Å². The van der Waals surface area contributed by atoms with Gasteiger partial charge in [0.05, 0.1) is 12.9 Å². The highest BCUT2D eigenvalue weighted by Crippen LogP contribution is 2.42. The first-order valence-corrected chi connectivity index (χ1v) is 9.63. The molecule has 0 aromatic carbocycles. The Labute approximate surface area is 160 Å². The van der Waals surface area contributed by atoms with Gasteiger partial charge in [-0.1, -0.05) is 0 Å². The van der Waals surface area contributed by atoms with E-state index in [0.29, 0.717) is 0 Å². The zero-order valence-corrected chi connectivity index (χ0v) is 15.4. The number of anilines is 1. The van der Waals surface area contributed by atoms with Crippen LogP contribution in [0.15, 0.2) is 6.33 Å².